The molecule has 8 nitrogen and oxygen atoms in total. The fourth-order valence-electron chi connectivity index (χ4n) is 3.68. The molecule has 0 amide bonds. The molecular formula is C20H19NO7. The van der Waals surface area contributed by atoms with Crippen LogP contribution in [0, 0.1) is 0 Å². The van der Waals surface area contributed by atoms with E-state index in [-0.39, 0.29) is 51.4 Å². The normalized spacial score (nSPS) is 19.3. The average molecular weight is 385 g/mol. The maximum absolute atomic E-state index is 12.8. The van der Waals surface area contributed by atoms with Crippen molar-refractivity contribution in [2.45, 2.75) is 31.8 Å². The van der Waals surface area contributed by atoms with Crippen molar-refractivity contribution < 1.29 is 29.9 Å². The molecule has 8 heteroatoms. The third-order valence-corrected chi connectivity index (χ3v) is 5.11. The largest absolute Gasteiger partial charge is 0.507 e. The minimum atomic E-state index is -0.867. The lowest BCUT2D eigenvalue weighted by Gasteiger charge is -2.17. The fraction of sp³-hybridized carbons (Fsp3) is 0.250. The highest BCUT2D eigenvalue weighted by Gasteiger charge is 2.30. The zero-order chi connectivity index (χ0) is 20.2. The summed E-state index contributed by atoms with van der Waals surface area (Å²) in [7, 11) is 0. The van der Waals surface area contributed by atoms with Crippen LogP contribution in [-0.4, -0.2) is 31.6 Å². The van der Waals surface area contributed by atoms with Crippen molar-refractivity contribution in [3.05, 3.63) is 40.1 Å². The molecule has 1 saturated heterocycles. The van der Waals surface area contributed by atoms with Crippen LogP contribution in [0.15, 0.2) is 33.5 Å². The first-order chi connectivity index (χ1) is 13.3. The third-order valence-electron chi connectivity index (χ3n) is 5.11. The molecule has 2 heterocycles. The van der Waals surface area contributed by atoms with Crippen LogP contribution in [0.2, 0.25) is 0 Å². The van der Waals surface area contributed by atoms with Crippen molar-refractivity contribution in [2.75, 3.05) is 0 Å². The minimum Gasteiger partial charge on any atom is -0.507 e. The lowest BCUT2D eigenvalue weighted by molar-refractivity contribution is 0.403. The standard InChI is InChI=1S/C20H19NO7/c1-8-2-4-10(21-8)15-13(24)7-14-16(17(15)25)18(26)19(27)20(28-14)9-3-5-11(22)12(23)6-9/h3,5-8,10,21-25,27H,2,4H2,1H3/t8-,10+/m0/s1. The van der Waals surface area contributed by atoms with Gasteiger partial charge in [-0.15, -0.1) is 0 Å². The average Bonchev–Trinajstić information content (AvgIpc) is 3.06. The van der Waals surface area contributed by atoms with Gasteiger partial charge in [0.25, 0.3) is 0 Å². The summed E-state index contributed by atoms with van der Waals surface area (Å²) in [5.74, 6) is -2.51. The van der Waals surface area contributed by atoms with Crippen LogP contribution < -0.4 is 10.7 Å². The highest BCUT2D eigenvalue weighted by atomic mass is 16.4. The Morgan fingerprint density at radius 3 is 2.36 bits per heavy atom. The zero-order valence-electron chi connectivity index (χ0n) is 14.9. The lowest BCUT2D eigenvalue weighted by atomic mass is 9.99. The Labute approximate surface area is 158 Å². The Hall–Kier alpha value is -3.39. The first-order valence-corrected chi connectivity index (χ1v) is 8.81. The fourth-order valence-corrected chi connectivity index (χ4v) is 3.68. The van der Waals surface area contributed by atoms with Crippen LogP contribution in [0.1, 0.15) is 31.4 Å². The number of aromatic hydroxyl groups is 5. The van der Waals surface area contributed by atoms with Crippen LogP contribution in [-0.2, 0) is 0 Å². The Morgan fingerprint density at radius 1 is 0.964 bits per heavy atom. The van der Waals surface area contributed by atoms with Gasteiger partial charge in [0.1, 0.15) is 22.5 Å². The Kier molecular flexibility index (Phi) is 4.08. The molecule has 1 aliphatic heterocycles. The van der Waals surface area contributed by atoms with Gasteiger partial charge >= 0.3 is 0 Å². The zero-order valence-corrected chi connectivity index (χ0v) is 14.9. The predicted octanol–water partition coefficient (Wildman–Crippen LogP) is 2.80. The molecule has 2 atom stereocenters. The number of phenols is 4. The smallest absolute Gasteiger partial charge is 0.238 e. The Balaban J connectivity index is 1.95. The molecule has 4 rings (SSSR count). The first-order valence-electron chi connectivity index (χ1n) is 8.81. The molecular weight excluding hydrogens is 366 g/mol. The number of hydrogen-bond donors (Lipinski definition) is 6. The van der Waals surface area contributed by atoms with E-state index in [1.165, 1.54) is 18.2 Å². The molecule has 146 valence electrons. The SMILES string of the molecule is C[C@H]1CC[C@H](c2c(O)cc3oc(-c4ccc(O)c(O)c4)c(O)c(=O)c3c2O)N1. The highest BCUT2D eigenvalue weighted by Crippen LogP contribution is 2.44. The van der Waals surface area contributed by atoms with Gasteiger partial charge in [-0.05, 0) is 38.0 Å². The molecule has 0 saturated carbocycles. The summed E-state index contributed by atoms with van der Waals surface area (Å²) in [6, 6.07) is 4.75. The van der Waals surface area contributed by atoms with Gasteiger partial charge in [-0.1, -0.05) is 0 Å². The van der Waals surface area contributed by atoms with E-state index >= 15 is 0 Å². The summed E-state index contributed by atoms with van der Waals surface area (Å²) in [4.78, 5) is 12.8. The first kappa shape index (κ1) is 18.0. The van der Waals surface area contributed by atoms with Crippen LogP contribution in [0.5, 0.6) is 28.7 Å². The number of fused-ring (bicyclic) bond motifs is 1. The summed E-state index contributed by atoms with van der Waals surface area (Å²) in [6.45, 7) is 1.98. The van der Waals surface area contributed by atoms with E-state index < -0.39 is 22.7 Å². The molecule has 0 radical (unpaired) electrons. The number of phenolic OH excluding ortho intramolecular Hbond substituents is 4. The van der Waals surface area contributed by atoms with E-state index in [1.54, 1.807) is 0 Å². The lowest BCUT2D eigenvalue weighted by Crippen LogP contribution is -2.21. The third kappa shape index (κ3) is 2.69. The number of benzene rings is 2. The molecule has 1 fully saturated rings. The summed E-state index contributed by atoms with van der Waals surface area (Å²) in [5.41, 5.74) is -0.650. The van der Waals surface area contributed by atoms with Crippen molar-refractivity contribution in [3.63, 3.8) is 0 Å². The van der Waals surface area contributed by atoms with Crippen LogP contribution in [0.25, 0.3) is 22.3 Å². The van der Waals surface area contributed by atoms with Crippen LogP contribution >= 0.6 is 0 Å². The summed E-state index contributed by atoms with van der Waals surface area (Å²) >= 11 is 0. The van der Waals surface area contributed by atoms with E-state index in [2.05, 4.69) is 5.32 Å². The van der Waals surface area contributed by atoms with E-state index in [0.717, 1.165) is 12.5 Å². The molecule has 1 aliphatic rings. The topological polar surface area (TPSA) is 143 Å². The molecule has 1 aromatic heterocycles. The van der Waals surface area contributed by atoms with Gasteiger partial charge in [0.2, 0.25) is 11.2 Å². The monoisotopic (exact) mass is 385 g/mol. The molecule has 0 spiro atoms. The van der Waals surface area contributed by atoms with Gasteiger partial charge in [-0.3, -0.25) is 4.79 Å². The van der Waals surface area contributed by atoms with Crippen molar-refractivity contribution in [1.82, 2.24) is 5.32 Å². The van der Waals surface area contributed by atoms with Crippen molar-refractivity contribution in [1.29, 1.82) is 0 Å². The van der Waals surface area contributed by atoms with E-state index in [0.29, 0.717) is 6.42 Å². The maximum Gasteiger partial charge on any atom is 0.238 e. The quantitative estimate of drug-likeness (QED) is 0.370. The molecule has 0 unspecified atom stereocenters. The van der Waals surface area contributed by atoms with Crippen LogP contribution in [0.3, 0.4) is 0 Å². The highest BCUT2D eigenvalue weighted by molar-refractivity contribution is 5.90. The maximum atomic E-state index is 12.8. The van der Waals surface area contributed by atoms with E-state index in [1.807, 2.05) is 6.92 Å². The van der Waals surface area contributed by atoms with Crippen molar-refractivity contribution in [2.24, 2.45) is 0 Å². The molecule has 6 N–H and O–H groups in total. The number of hydrogen-bond acceptors (Lipinski definition) is 8. The summed E-state index contributed by atoms with van der Waals surface area (Å²) in [6.07, 6.45) is 1.53. The second-order valence-electron chi connectivity index (χ2n) is 7.04. The van der Waals surface area contributed by atoms with Gasteiger partial charge in [-0.25, -0.2) is 0 Å². The number of nitrogens with one attached hydrogen (secondary N) is 1. The molecule has 2 aromatic carbocycles. The summed E-state index contributed by atoms with van der Waals surface area (Å²) < 4.78 is 5.57. The predicted molar refractivity (Wildman–Crippen MR) is 101 cm³/mol. The molecule has 28 heavy (non-hydrogen) atoms. The van der Waals surface area contributed by atoms with E-state index in [4.69, 9.17) is 4.42 Å². The van der Waals surface area contributed by atoms with Gasteiger partial charge in [-0.2, -0.15) is 0 Å². The Bertz CT molecular complexity index is 1150. The van der Waals surface area contributed by atoms with Crippen molar-refractivity contribution >= 4 is 11.0 Å². The van der Waals surface area contributed by atoms with Crippen molar-refractivity contribution in [3.8, 4) is 40.1 Å². The number of rotatable bonds is 2. The molecule has 0 aliphatic carbocycles. The summed E-state index contributed by atoms with van der Waals surface area (Å²) in [5, 5.41) is 53.6. The molecule has 3 aromatic rings. The van der Waals surface area contributed by atoms with Gasteiger partial charge in [0.15, 0.2) is 17.3 Å². The second kappa shape index (κ2) is 6.35. The Morgan fingerprint density at radius 2 is 1.71 bits per heavy atom. The van der Waals surface area contributed by atoms with E-state index in [9.17, 15) is 30.3 Å². The molecule has 0 bridgehead atoms. The van der Waals surface area contributed by atoms with Gasteiger partial charge < -0.3 is 35.3 Å². The van der Waals surface area contributed by atoms with Crippen LogP contribution in [0.4, 0.5) is 0 Å². The van der Waals surface area contributed by atoms with Gasteiger partial charge in [0.05, 0.1) is 5.56 Å². The second-order valence-corrected chi connectivity index (χ2v) is 7.04. The minimum absolute atomic E-state index is 0.116. The van der Waals surface area contributed by atoms with Gasteiger partial charge in [0, 0.05) is 23.7 Å².